The summed E-state index contributed by atoms with van der Waals surface area (Å²) in [6.45, 7) is 3.06. The van der Waals surface area contributed by atoms with E-state index in [1.54, 1.807) is 13.4 Å². The third-order valence-electron chi connectivity index (χ3n) is 6.47. The van der Waals surface area contributed by atoms with Gasteiger partial charge in [0, 0.05) is 20.6 Å². The van der Waals surface area contributed by atoms with Crippen molar-refractivity contribution < 1.29 is 0 Å². The molecule has 0 aromatic carbocycles. The number of aromatic nitrogens is 4. The molecule has 2 aromatic rings. The predicted octanol–water partition coefficient (Wildman–Crippen LogP) is 5.70. The molecular formula is C25H44N4O2. The Labute approximate surface area is 187 Å². The van der Waals surface area contributed by atoms with Gasteiger partial charge in [0.05, 0.1) is 6.33 Å². The van der Waals surface area contributed by atoms with E-state index in [9.17, 15) is 9.59 Å². The standard InChI is InChI=1S/C25H44N4O2/c1-4-5-6-7-8-9-10-11-12-13-14-15-16-17-18-19-20-29-21-26-23-22(29)24(30)28(3)25(31)27(23)2/h21H,4-20H2,1-3H3. The topological polar surface area (TPSA) is 61.8 Å². The SMILES string of the molecule is CCCCCCCCCCCCCCCCCCn1cnc2c1c(=O)n(C)c(=O)n2C. The fourth-order valence-corrected chi connectivity index (χ4v) is 4.40. The summed E-state index contributed by atoms with van der Waals surface area (Å²) in [6, 6.07) is 0. The molecule has 31 heavy (non-hydrogen) atoms. The summed E-state index contributed by atoms with van der Waals surface area (Å²) >= 11 is 0. The van der Waals surface area contributed by atoms with E-state index in [2.05, 4.69) is 11.9 Å². The Morgan fingerprint density at radius 1 is 0.677 bits per heavy atom. The summed E-state index contributed by atoms with van der Waals surface area (Å²) in [4.78, 5) is 28.7. The van der Waals surface area contributed by atoms with Gasteiger partial charge in [0.25, 0.3) is 5.56 Å². The highest BCUT2D eigenvalue weighted by Gasteiger charge is 2.13. The summed E-state index contributed by atoms with van der Waals surface area (Å²) in [5.74, 6) is 0. The Balaban J connectivity index is 1.50. The smallest absolute Gasteiger partial charge is 0.325 e. The Morgan fingerprint density at radius 2 is 1.13 bits per heavy atom. The second kappa shape index (κ2) is 14.3. The molecule has 0 radical (unpaired) electrons. The van der Waals surface area contributed by atoms with Gasteiger partial charge < -0.3 is 4.57 Å². The van der Waals surface area contributed by atoms with Crippen LogP contribution in [0.4, 0.5) is 0 Å². The molecule has 0 saturated heterocycles. The van der Waals surface area contributed by atoms with Crippen LogP contribution in [0.2, 0.25) is 0 Å². The van der Waals surface area contributed by atoms with Crippen LogP contribution in [-0.4, -0.2) is 18.7 Å². The number of imidazole rings is 1. The molecule has 0 aliphatic rings. The fraction of sp³-hybridized carbons (Fsp3) is 0.800. The lowest BCUT2D eigenvalue weighted by Gasteiger charge is -2.07. The normalized spacial score (nSPS) is 11.6. The van der Waals surface area contributed by atoms with Crippen LogP contribution in [0.15, 0.2) is 15.9 Å². The van der Waals surface area contributed by atoms with Crippen molar-refractivity contribution in [1.29, 1.82) is 0 Å². The monoisotopic (exact) mass is 432 g/mol. The van der Waals surface area contributed by atoms with E-state index in [4.69, 9.17) is 0 Å². The maximum Gasteiger partial charge on any atom is 0.332 e. The van der Waals surface area contributed by atoms with Crippen molar-refractivity contribution in [2.75, 3.05) is 0 Å². The molecule has 0 unspecified atom stereocenters. The van der Waals surface area contributed by atoms with Gasteiger partial charge in [-0.25, -0.2) is 9.78 Å². The van der Waals surface area contributed by atoms with Crippen molar-refractivity contribution in [3.05, 3.63) is 27.2 Å². The Kier molecular flexibility index (Phi) is 11.7. The first-order valence-corrected chi connectivity index (χ1v) is 12.7. The molecule has 2 heterocycles. The molecule has 0 amide bonds. The highest BCUT2D eigenvalue weighted by Crippen LogP contribution is 2.14. The summed E-state index contributed by atoms with van der Waals surface area (Å²) in [5, 5.41) is 0. The second-order valence-electron chi connectivity index (χ2n) is 9.12. The van der Waals surface area contributed by atoms with E-state index in [1.807, 2.05) is 4.57 Å². The van der Waals surface area contributed by atoms with E-state index < -0.39 is 0 Å². The van der Waals surface area contributed by atoms with Gasteiger partial charge in [-0.05, 0) is 6.42 Å². The zero-order chi connectivity index (χ0) is 22.5. The number of hydrogen-bond donors (Lipinski definition) is 0. The van der Waals surface area contributed by atoms with Gasteiger partial charge in [0.1, 0.15) is 0 Å². The van der Waals surface area contributed by atoms with E-state index in [0.717, 1.165) is 17.5 Å². The number of nitrogens with zero attached hydrogens (tertiary/aromatic N) is 4. The minimum Gasteiger partial charge on any atom is -0.325 e. The average Bonchev–Trinajstić information content (AvgIpc) is 3.20. The van der Waals surface area contributed by atoms with Crippen molar-refractivity contribution in [2.24, 2.45) is 14.1 Å². The first-order chi connectivity index (χ1) is 15.1. The fourth-order valence-electron chi connectivity index (χ4n) is 4.40. The van der Waals surface area contributed by atoms with Crippen LogP contribution in [0.25, 0.3) is 11.2 Å². The van der Waals surface area contributed by atoms with E-state index >= 15 is 0 Å². The van der Waals surface area contributed by atoms with Crippen LogP contribution in [0.5, 0.6) is 0 Å². The molecule has 0 aliphatic carbocycles. The first-order valence-electron chi connectivity index (χ1n) is 12.7. The predicted molar refractivity (Wildman–Crippen MR) is 130 cm³/mol. The average molecular weight is 433 g/mol. The van der Waals surface area contributed by atoms with Gasteiger partial charge in [0.15, 0.2) is 11.2 Å². The van der Waals surface area contributed by atoms with E-state index in [-0.39, 0.29) is 11.2 Å². The number of hydrogen-bond acceptors (Lipinski definition) is 3. The van der Waals surface area contributed by atoms with Crippen molar-refractivity contribution in [1.82, 2.24) is 18.7 Å². The van der Waals surface area contributed by atoms with Crippen LogP contribution < -0.4 is 11.2 Å². The van der Waals surface area contributed by atoms with Gasteiger partial charge in [-0.3, -0.25) is 13.9 Å². The number of fused-ring (bicyclic) bond motifs is 1. The zero-order valence-corrected chi connectivity index (χ0v) is 20.2. The molecular weight excluding hydrogens is 388 g/mol. The third-order valence-corrected chi connectivity index (χ3v) is 6.47. The molecule has 6 heteroatoms. The van der Waals surface area contributed by atoms with Crippen molar-refractivity contribution in [3.8, 4) is 0 Å². The first kappa shape index (κ1) is 25.4. The molecule has 0 fully saturated rings. The number of aryl methyl sites for hydroxylation is 2. The summed E-state index contributed by atoms with van der Waals surface area (Å²) in [6.07, 6.45) is 23.3. The van der Waals surface area contributed by atoms with E-state index in [1.165, 1.54) is 108 Å². The minimum absolute atomic E-state index is 0.257. The molecule has 2 rings (SSSR count). The molecule has 176 valence electrons. The number of unbranched alkanes of at least 4 members (excludes halogenated alkanes) is 15. The highest BCUT2D eigenvalue weighted by atomic mass is 16.2. The summed E-state index contributed by atoms with van der Waals surface area (Å²) in [5.41, 5.74) is 0.424. The maximum absolute atomic E-state index is 12.4. The molecule has 0 spiro atoms. The molecule has 0 aliphatic heterocycles. The quantitative estimate of drug-likeness (QED) is 0.301. The highest BCUT2D eigenvalue weighted by molar-refractivity contribution is 5.69. The Hall–Kier alpha value is -1.85. The molecule has 0 atom stereocenters. The summed E-state index contributed by atoms with van der Waals surface area (Å²) < 4.78 is 4.51. The lowest BCUT2D eigenvalue weighted by atomic mass is 10.0. The molecule has 0 saturated carbocycles. The van der Waals surface area contributed by atoms with Gasteiger partial charge in [-0.15, -0.1) is 0 Å². The van der Waals surface area contributed by atoms with Crippen LogP contribution in [0.3, 0.4) is 0 Å². The lowest BCUT2D eigenvalue weighted by molar-refractivity contribution is 0.522. The van der Waals surface area contributed by atoms with Gasteiger partial charge in [-0.1, -0.05) is 103 Å². The minimum atomic E-state index is -0.329. The zero-order valence-electron chi connectivity index (χ0n) is 20.2. The van der Waals surface area contributed by atoms with Crippen LogP contribution >= 0.6 is 0 Å². The van der Waals surface area contributed by atoms with Crippen LogP contribution in [0, 0.1) is 0 Å². The van der Waals surface area contributed by atoms with Crippen molar-refractivity contribution in [3.63, 3.8) is 0 Å². The Bertz CT molecular complexity index is 878. The van der Waals surface area contributed by atoms with E-state index in [0.29, 0.717) is 11.2 Å². The van der Waals surface area contributed by atoms with Crippen molar-refractivity contribution >= 4 is 11.2 Å². The molecule has 0 bridgehead atoms. The third kappa shape index (κ3) is 7.97. The van der Waals surface area contributed by atoms with Crippen LogP contribution in [-0.2, 0) is 20.6 Å². The van der Waals surface area contributed by atoms with Crippen molar-refractivity contribution in [2.45, 2.75) is 116 Å². The van der Waals surface area contributed by atoms with Gasteiger partial charge in [-0.2, -0.15) is 0 Å². The molecule has 6 nitrogen and oxygen atoms in total. The molecule has 2 aromatic heterocycles. The van der Waals surface area contributed by atoms with Crippen LogP contribution in [0.1, 0.15) is 110 Å². The number of rotatable bonds is 17. The largest absolute Gasteiger partial charge is 0.332 e. The van der Waals surface area contributed by atoms with Gasteiger partial charge >= 0.3 is 5.69 Å². The maximum atomic E-state index is 12.4. The second-order valence-corrected chi connectivity index (χ2v) is 9.12. The molecule has 0 N–H and O–H groups in total. The van der Waals surface area contributed by atoms with Gasteiger partial charge in [0.2, 0.25) is 0 Å². The Morgan fingerprint density at radius 3 is 1.61 bits per heavy atom. The summed E-state index contributed by atoms with van der Waals surface area (Å²) in [7, 11) is 3.19. The lowest BCUT2D eigenvalue weighted by Crippen LogP contribution is -2.37.